The first-order valence-corrected chi connectivity index (χ1v) is 5.86. The molecule has 0 aliphatic carbocycles. The highest BCUT2D eigenvalue weighted by Crippen LogP contribution is 2.17. The molecule has 1 amide bonds. The maximum absolute atomic E-state index is 11.9. The number of ether oxygens (including phenoxy) is 1. The molecule has 1 atom stereocenters. The van der Waals surface area contributed by atoms with Gasteiger partial charge in [0.25, 0.3) is 5.91 Å². The van der Waals surface area contributed by atoms with Gasteiger partial charge in [-0.2, -0.15) is 5.10 Å². The molecular weight excluding hydrogens is 244 g/mol. The van der Waals surface area contributed by atoms with Gasteiger partial charge in [0.1, 0.15) is 17.3 Å². The lowest BCUT2D eigenvalue weighted by molar-refractivity contribution is 0.0935. The molecule has 2 rings (SSSR count). The van der Waals surface area contributed by atoms with Gasteiger partial charge in [-0.05, 0) is 24.6 Å². The Morgan fingerprint density at radius 1 is 1.42 bits per heavy atom. The predicted octanol–water partition coefficient (Wildman–Crippen LogP) is 1.49. The number of aromatic nitrogens is 2. The number of hydrogen-bond donors (Lipinski definition) is 3. The summed E-state index contributed by atoms with van der Waals surface area (Å²) >= 11 is 0. The number of methoxy groups -OCH3 is 1. The van der Waals surface area contributed by atoms with Gasteiger partial charge in [-0.15, -0.1) is 0 Å². The minimum absolute atomic E-state index is 0.122. The van der Waals surface area contributed by atoms with E-state index in [1.807, 2.05) is 31.2 Å². The van der Waals surface area contributed by atoms with Crippen molar-refractivity contribution in [1.82, 2.24) is 15.5 Å². The van der Waals surface area contributed by atoms with Crippen LogP contribution in [0.5, 0.6) is 5.75 Å². The second kappa shape index (κ2) is 5.43. The van der Waals surface area contributed by atoms with Crippen LogP contribution in [-0.2, 0) is 0 Å². The van der Waals surface area contributed by atoms with E-state index in [1.165, 1.54) is 6.07 Å². The Balaban J connectivity index is 2.03. The number of nitrogens with zero attached hydrogens (tertiary/aromatic N) is 1. The minimum atomic E-state index is -0.243. The van der Waals surface area contributed by atoms with Gasteiger partial charge < -0.3 is 15.8 Å². The number of benzene rings is 1. The topological polar surface area (TPSA) is 93.0 Å². The van der Waals surface area contributed by atoms with Crippen LogP contribution in [0.1, 0.15) is 29.0 Å². The molecule has 1 aromatic carbocycles. The van der Waals surface area contributed by atoms with Gasteiger partial charge in [-0.3, -0.25) is 9.89 Å². The number of carbonyl (C=O) groups excluding carboxylic acids is 1. The number of rotatable bonds is 4. The molecule has 1 heterocycles. The van der Waals surface area contributed by atoms with Crippen LogP contribution in [0, 0.1) is 0 Å². The van der Waals surface area contributed by atoms with Crippen molar-refractivity contribution in [3.63, 3.8) is 0 Å². The Morgan fingerprint density at radius 3 is 2.63 bits per heavy atom. The highest BCUT2D eigenvalue weighted by atomic mass is 16.5. The quantitative estimate of drug-likeness (QED) is 0.776. The standard InChI is InChI=1S/C13H16N4O2/c1-8(9-3-5-10(19-2)6-4-9)15-13(18)11-7-12(14)17-16-11/h3-8H,1-2H3,(H,15,18)(H3,14,16,17). The van der Waals surface area contributed by atoms with Crippen molar-refractivity contribution in [3.05, 3.63) is 41.6 Å². The van der Waals surface area contributed by atoms with Gasteiger partial charge >= 0.3 is 0 Å². The molecule has 0 aliphatic heterocycles. The van der Waals surface area contributed by atoms with Gasteiger partial charge in [0.05, 0.1) is 13.2 Å². The summed E-state index contributed by atoms with van der Waals surface area (Å²) in [5, 5.41) is 9.15. The van der Waals surface area contributed by atoms with Crippen LogP contribution in [0.2, 0.25) is 0 Å². The summed E-state index contributed by atoms with van der Waals surface area (Å²) in [5.41, 5.74) is 6.79. The Morgan fingerprint density at radius 2 is 2.11 bits per heavy atom. The Bertz CT molecular complexity index is 562. The average Bonchev–Trinajstić information content (AvgIpc) is 2.85. The molecule has 6 nitrogen and oxygen atoms in total. The van der Waals surface area contributed by atoms with Crippen molar-refractivity contribution < 1.29 is 9.53 Å². The normalized spacial score (nSPS) is 11.9. The third-order valence-corrected chi connectivity index (χ3v) is 2.81. The maximum atomic E-state index is 11.9. The van der Waals surface area contributed by atoms with Crippen LogP contribution in [0.15, 0.2) is 30.3 Å². The van der Waals surface area contributed by atoms with Crippen molar-refractivity contribution in [2.45, 2.75) is 13.0 Å². The van der Waals surface area contributed by atoms with E-state index in [2.05, 4.69) is 15.5 Å². The molecule has 19 heavy (non-hydrogen) atoms. The molecule has 4 N–H and O–H groups in total. The van der Waals surface area contributed by atoms with Crippen LogP contribution in [-0.4, -0.2) is 23.2 Å². The molecule has 1 aromatic heterocycles. The Kier molecular flexibility index (Phi) is 3.70. The van der Waals surface area contributed by atoms with E-state index in [1.54, 1.807) is 7.11 Å². The number of nitrogen functional groups attached to an aromatic ring is 1. The van der Waals surface area contributed by atoms with Crippen LogP contribution in [0.4, 0.5) is 5.82 Å². The SMILES string of the molecule is COc1ccc(C(C)NC(=O)c2cc(N)n[nH]2)cc1. The second-order valence-corrected chi connectivity index (χ2v) is 4.17. The van der Waals surface area contributed by atoms with E-state index in [0.29, 0.717) is 11.5 Å². The highest BCUT2D eigenvalue weighted by molar-refractivity contribution is 5.93. The summed E-state index contributed by atoms with van der Waals surface area (Å²) < 4.78 is 5.09. The first kappa shape index (κ1) is 12.9. The predicted molar refractivity (Wildman–Crippen MR) is 71.9 cm³/mol. The molecule has 0 radical (unpaired) electrons. The number of carbonyl (C=O) groups is 1. The number of nitrogens with two attached hydrogens (primary N) is 1. The van der Waals surface area contributed by atoms with Gasteiger partial charge in [0, 0.05) is 6.07 Å². The van der Waals surface area contributed by atoms with E-state index in [-0.39, 0.29) is 11.9 Å². The van der Waals surface area contributed by atoms with Crippen molar-refractivity contribution >= 4 is 11.7 Å². The molecule has 6 heteroatoms. The van der Waals surface area contributed by atoms with Gasteiger partial charge in [0.2, 0.25) is 0 Å². The van der Waals surface area contributed by atoms with Gasteiger partial charge in [-0.25, -0.2) is 0 Å². The third-order valence-electron chi connectivity index (χ3n) is 2.81. The molecule has 0 saturated heterocycles. The lowest BCUT2D eigenvalue weighted by Crippen LogP contribution is -2.26. The fraction of sp³-hybridized carbons (Fsp3) is 0.231. The molecule has 0 saturated carbocycles. The average molecular weight is 260 g/mol. The lowest BCUT2D eigenvalue weighted by atomic mass is 10.1. The Hall–Kier alpha value is -2.50. The molecule has 1 unspecified atom stereocenters. The van der Waals surface area contributed by atoms with E-state index >= 15 is 0 Å². The number of H-pyrrole nitrogens is 1. The Labute approximate surface area is 111 Å². The van der Waals surface area contributed by atoms with Gasteiger partial charge in [0.15, 0.2) is 0 Å². The monoisotopic (exact) mass is 260 g/mol. The van der Waals surface area contributed by atoms with Crippen molar-refractivity contribution in [3.8, 4) is 5.75 Å². The van der Waals surface area contributed by atoms with Crippen molar-refractivity contribution in [1.29, 1.82) is 0 Å². The van der Waals surface area contributed by atoms with E-state index in [4.69, 9.17) is 10.5 Å². The summed E-state index contributed by atoms with van der Waals surface area (Å²) in [5.74, 6) is 0.832. The summed E-state index contributed by atoms with van der Waals surface area (Å²) in [6.07, 6.45) is 0. The first-order valence-electron chi connectivity index (χ1n) is 5.86. The number of aromatic amines is 1. The highest BCUT2D eigenvalue weighted by Gasteiger charge is 2.13. The van der Waals surface area contributed by atoms with E-state index in [9.17, 15) is 4.79 Å². The van der Waals surface area contributed by atoms with Crippen molar-refractivity contribution in [2.24, 2.45) is 0 Å². The number of anilines is 1. The van der Waals surface area contributed by atoms with Crippen LogP contribution >= 0.6 is 0 Å². The number of nitrogens with one attached hydrogen (secondary N) is 2. The largest absolute Gasteiger partial charge is 0.497 e. The summed E-state index contributed by atoms with van der Waals surface area (Å²) in [6.45, 7) is 1.90. The molecule has 0 aliphatic rings. The molecule has 0 fully saturated rings. The zero-order valence-electron chi connectivity index (χ0n) is 10.8. The summed E-state index contributed by atoms with van der Waals surface area (Å²) in [7, 11) is 1.61. The zero-order chi connectivity index (χ0) is 13.8. The van der Waals surface area contributed by atoms with E-state index in [0.717, 1.165) is 11.3 Å². The van der Waals surface area contributed by atoms with Crippen LogP contribution in [0.3, 0.4) is 0 Å². The number of amides is 1. The fourth-order valence-electron chi connectivity index (χ4n) is 1.70. The molecule has 2 aromatic rings. The molecule has 100 valence electrons. The summed E-state index contributed by atoms with van der Waals surface area (Å²) in [6, 6.07) is 8.90. The van der Waals surface area contributed by atoms with E-state index < -0.39 is 0 Å². The number of hydrogen-bond acceptors (Lipinski definition) is 4. The lowest BCUT2D eigenvalue weighted by Gasteiger charge is -2.14. The van der Waals surface area contributed by atoms with Crippen molar-refractivity contribution in [2.75, 3.05) is 12.8 Å². The molecule has 0 spiro atoms. The molecule has 0 bridgehead atoms. The molecular formula is C13H16N4O2. The third kappa shape index (κ3) is 3.04. The van der Waals surface area contributed by atoms with Crippen LogP contribution < -0.4 is 15.8 Å². The smallest absolute Gasteiger partial charge is 0.269 e. The maximum Gasteiger partial charge on any atom is 0.269 e. The van der Waals surface area contributed by atoms with Crippen LogP contribution in [0.25, 0.3) is 0 Å². The summed E-state index contributed by atoms with van der Waals surface area (Å²) in [4.78, 5) is 11.9. The fourth-order valence-corrected chi connectivity index (χ4v) is 1.70. The minimum Gasteiger partial charge on any atom is -0.497 e. The van der Waals surface area contributed by atoms with Gasteiger partial charge in [-0.1, -0.05) is 12.1 Å². The first-order chi connectivity index (χ1) is 9.10. The second-order valence-electron chi connectivity index (χ2n) is 4.17. The zero-order valence-corrected chi connectivity index (χ0v) is 10.8.